The lowest BCUT2D eigenvalue weighted by Crippen LogP contribution is -2.26. The Morgan fingerprint density at radius 1 is 1.14 bits per heavy atom. The van der Waals surface area contributed by atoms with E-state index in [1.807, 2.05) is 0 Å². The highest BCUT2D eigenvalue weighted by molar-refractivity contribution is 5.57. The number of hydrogen-bond donors (Lipinski definition) is 2. The Morgan fingerprint density at radius 2 is 1.81 bits per heavy atom. The van der Waals surface area contributed by atoms with Crippen molar-refractivity contribution in [3.05, 3.63) is 11.4 Å². The topological polar surface area (TPSA) is 59.1 Å². The monoisotopic (exact) mass is 294 g/mol. The summed E-state index contributed by atoms with van der Waals surface area (Å²) in [6.45, 7) is 12.2. The Bertz CT molecular complexity index is 435. The molecule has 0 saturated heterocycles. The van der Waals surface area contributed by atoms with Crippen molar-refractivity contribution in [2.45, 2.75) is 59.4 Å². The average molecular weight is 294 g/mol. The molecule has 1 heterocycles. The van der Waals surface area contributed by atoms with Crippen LogP contribution >= 0.6 is 0 Å². The maximum atomic E-state index is 5.26. The highest BCUT2D eigenvalue weighted by Crippen LogP contribution is 2.24. The quantitative estimate of drug-likeness (QED) is 0.729. The summed E-state index contributed by atoms with van der Waals surface area (Å²) in [5.41, 5.74) is 1.07. The van der Waals surface area contributed by atoms with Gasteiger partial charge in [0.2, 0.25) is 0 Å². The van der Waals surface area contributed by atoms with E-state index in [4.69, 9.17) is 9.72 Å². The molecule has 120 valence electrons. The summed E-state index contributed by atoms with van der Waals surface area (Å²) in [6, 6.07) is 0.266. The molecule has 1 aromatic rings. The van der Waals surface area contributed by atoms with E-state index in [0.29, 0.717) is 12.5 Å². The van der Waals surface area contributed by atoms with Crippen LogP contribution in [-0.2, 0) is 4.74 Å². The highest BCUT2D eigenvalue weighted by Gasteiger charge is 2.15. The molecule has 5 heteroatoms. The fraction of sp³-hybridized carbons (Fsp3) is 0.750. The van der Waals surface area contributed by atoms with Crippen molar-refractivity contribution in [3.63, 3.8) is 0 Å². The van der Waals surface area contributed by atoms with Crippen LogP contribution in [0.2, 0.25) is 0 Å². The first-order valence-corrected chi connectivity index (χ1v) is 7.91. The average Bonchev–Trinajstić information content (AvgIpc) is 2.47. The first-order valence-electron chi connectivity index (χ1n) is 7.91. The second-order valence-corrected chi connectivity index (χ2v) is 5.69. The fourth-order valence-electron chi connectivity index (χ4n) is 2.00. The maximum Gasteiger partial charge on any atom is 0.135 e. The molecule has 5 nitrogen and oxygen atoms in total. The van der Waals surface area contributed by atoms with Crippen molar-refractivity contribution in [1.29, 1.82) is 0 Å². The Labute approximate surface area is 128 Å². The SMILES string of the molecule is CCCNc1nc(C(C)C)nc(NC(CC)COC)c1C. The number of methoxy groups -OCH3 is 1. The summed E-state index contributed by atoms with van der Waals surface area (Å²) in [6.07, 6.45) is 2.07. The number of nitrogens with one attached hydrogen (secondary N) is 2. The van der Waals surface area contributed by atoms with Crippen molar-refractivity contribution in [1.82, 2.24) is 9.97 Å². The van der Waals surface area contributed by atoms with Crippen LogP contribution in [0.15, 0.2) is 0 Å². The van der Waals surface area contributed by atoms with Crippen LogP contribution in [0.25, 0.3) is 0 Å². The van der Waals surface area contributed by atoms with Crippen molar-refractivity contribution < 1.29 is 4.74 Å². The van der Waals surface area contributed by atoms with Gasteiger partial charge in [-0.2, -0.15) is 0 Å². The van der Waals surface area contributed by atoms with Gasteiger partial charge in [-0.15, -0.1) is 0 Å². The predicted octanol–water partition coefficient (Wildman–Crippen LogP) is 3.57. The van der Waals surface area contributed by atoms with E-state index in [2.05, 4.69) is 50.2 Å². The molecule has 0 aliphatic heterocycles. The van der Waals surface area contributed by atoms with Gasteiger partial charge in [0.1, 0.15) is 17.5 Å². The van der Waals surface area contributed by atoms with Gasteiger partial charge < -0.3 is 15.4 Å². The van der Waals surface area contributed by atoms with Gasteiger partial charge in [-0.25, -0.2) is 9.97 Å². The zero-order valence-corrected chi connectivity index (χ0v) is 14.3. The third kappa shape index (κ3) is 5.16. The first-order chi connectivity index (χ1) is 10.0. The Morgan fingerprint density at radius 3 is 2.33 bits per heavy atom. The van der Waals surface area contributed by atoms with Gasteiger partial charge in [-0.1, -0.05) is 27.7 Å². The zero-order valence-electron chi connectivity index (χ0n) is 14.3. The van der Waals surface area contributed by atoms with Crippen LogP contribution in [0, 0.1) is 6.92 Å². The van der Waals surface area contributed by atoms with Crippen molar-refractivity contribution in [2.75, 3.05) is 30.9 Å². The first kappa shape index (κ1) is 17.7. The fourth-order valence-corrected chi connectivity index (χ4v) is 2.00. The minimum Gasteiger partial charge on any atom is -0.383 e. The van der Waals surface area contributed by atoms with E-state index in [-0.39, 0.29) is 6.04 Å². The summed E-state index contributed by atoms with van der Waals surface area (Å²) in [5, 5.41) is 6.89. The second-order valence-electron chi connectivity index (χ2n) is 5.69. The summed E-state index contributed by atoms with van der Waals surface area (Å²) in [5.74, 6) is 3.02. The van der Waals surface area contributed by atoms with Crippen molar-refractivity contribution >= 4 is 11.6 Å². The minimum atomic E-state index is 0.266. The number of rotatable bonds is 9. The predicted molar refractivity (Wildman–Crippen MR) is 89.2 cm³/mol. The van der Waals surface area contributed by atoms with Crippen LogP contribution < -0.4 is 10.6 Å². The minimum absolute atomic E-state index is 0.266. The second kappa shape index (κ2) is 8.82. The molecule has 1 unspecified atom stereocenters. The molecule has 0 aromatic carbocycles. The van der Waals surface area contributed by atoms with E-state index in [9.17, 15) is 0 Å². The molecule has 0 aliphatic rings. The van der Waals surface area contributed by atoms with Crippen LogP contribution in [0.5, 0.6) is 0 Å². The molecule has 21 heavy (non-hydrogen) atoms. The molecule has 0 spiro atoms. The largest absolute Gasteiger partial charge is 0.383 e. The molecule has 0 saturated carbocycles. The van der Waals surface area contributed by atoms with Crippen molar-refractivity contribution in [2.24, 2.45) is 0 Å². The summed E-state index contributed by atoms with van der Waals surface area (Å²) >= 11 is 0. The highest BCUT2D eigenvalue weighted by atomic mass is 16.5. The number of ether oxygens (including phenoxy) is 1. The molecular weight excluding hydrogens is 264 g/mol. The maximum absolute atomic E-state index is 5.26. The Kier molecular flexibility index (Phi) is 7.43. The van der Waals surface area contributed by atoms with E-state index < -0.39 is 0 Å². The lowest BCUT2D eigenvalue weighted by atomic mass is 10.2. The van der Waals surface area contributed by atoms with Gasteiger partial charge in [0.05, 0.1) is 12.6 Å². The van der Waals surface area contributed by atoms with Crippen LogP contribution in [0.4, 0.5) is 11.6 Å². The smallest absolute Gasteiger partial charge is 0.135 e. The van der Waals surface area contributed by atoms with E-state index in [1.54, 1.807) is 7.11 Å². The summed E-state index contributed by atoms with van der Waals surface area (Å²) < 4.78 is 5.26. The van der Waals surface area contributed by atoms with Gasteiger partial charge in [0, 0.05) is 25.1 Å². The lowest BCUT2D eigenvalue weighted by Gasteiger charge is -2.21. The van der Waals surface area contributed by atoms with Gasteiger partial charge in [-0.05, 0) is 19.8 Å². The van der Waals surface area contributed by atoms with Gasteiger partial charge in [0.15, 0.2) is 0 Å². The normalized spacial score (nSPS) is 12.5. The van der Waals surface area contributed by atoms with Gasteiger partial charge >= 0.3 is 0 Å². The molecule has 1 rings (SSSR count). The number of hydrogen-bond acceptors (Lipinski definition) is 5. The van der Waals surface area contributed by atoms with Crippen molar-refractivity contribution in [3.8, 4) is 0 Å². The molecule has 0 aliphatic carbocycles. The van der Waals surface area contributed by atoms with E-state index in [0.717, 1.165) is 42.4 Å². The van der Waals surface area contributed by atoms with Crippen LogP contribution in [0.1, 0.15) is 57.8 Å². The summed E-state index contributed by atoms with van der Waals surface area (Å²) in [7, 11) is 1.73. The number of nitrogens with zero attached hydrogens (tertiary/aromatic N) is 2. The van der Waals surface area contributed by atoms with Gasteiger partial charge in [-0.3, -0.25) is 0 Å². The number of aromatic nitrogens is 2. The lowest BCUT2D eigenvalue weighted by molar-refractivity contribution is 0.184. The van der Waals surface area contributed by atoms with Crippen LogP contribution in [-0.4, -0.2) is 36.3 Å². The molecule has 0 bridgehead atoms. The molecule has 0 radical (unpaired) electrons. The number of anilines is 2. The van der Waals surface area contributed by atoms with E-state index in [1.165, 1.54) is 0 Å². The summed E-state index contributed by atoms with van der Waals surface area (Å²) in [4.78, 5) is 9.35. The molecule has 0 amide bonds. The van der Waals surface area contributed by atoms with Gasteiger partial charge in [0.25, 0.3) is 0 Å². The molecule has 2 N–H and O–H groups in total. The molecule has 1 atom stereocenters. The molecule has 1 aromatic heterocycles. The Hall–Kier alpha value is -1.36. The molecule has 0 fully saturated rings. The zero-order chi connectivity index (χ0) is 15.8. The Balaban J connectivity index is 3.07. The molecular formula is C16H30N4O. The third-order valence-corrected chi connectivity index (χ3v) is 3.42. The van der Waals surface area contributed by atoms with E-state index >= 15 is 0 Å². The third-order valence-electron chi connectivity index (χ3n) is 3.42. The standard InChI is InChI=1S/C16H30N4O/c1-7-9-17-15-12(5)16(18-13(8-2)10-21-6)20-14(19-15)11(3)4/h11,13H,7-10H2,1-6H3,(H2,17,18,19,20). The van der Waals surface area contributed by atoms with Crippen LogP contribution in [0.3, 0.4) is 0 Å².